The molecule has 0 saturated heterocycles. The van der Waals surface area contributed by atoms with Gasteiger partial charge in [0.05, 0.1) is 5.56 Å². The number of hydrogen-bond acceptors (Lipinski definition) is 4. The lowest BCUT2D eigenvalue weighted by atomic mass is 10.1. The number of nitrogens with one attached hydrogen (secondary N) is 1. The summed E-state index contributed by atoms with van der Waals surface area (Å²) in [5.41, 5.74) is 8.11. The van der Waals surface area contributed by atoms with Crippen molar-refractivity contribution in [3.8, 4) is 0 Å². The van der Waals surface area contributed by atoms with Crippen LogP contribution in [0.3, 0.4) is 0 Å². The lowest BCUT2D eigenvalue weighted by Gasteiger charge is -2.09. The minimum Gasteiger partial charge on any atom is -0.478 e. The van der Waals surface area contributed by atoms with E-state index in [-0.39, 0.29) is 5.56 Å². The van der Waals surface area contributed by atoms with Gasteiger partial charge in [-0.3, -0.25) is 0 Å². The van der Waals surface area contributed by atoms with Crippen molar-refractivity contribution in [2.45, 2.75) is 20.4 Å². The Morgan fingerprint density at radius 3 is 2.68 bits per heavy atom. The summed E-state index contributed by atoms with van der Waals surface area (Å²) >= 11 is 1.72. The Labute approximate surface area is 115 Å². The molecule has 0 unspecified atom stereocenters. The second kappa shape index (κ2) is 5.32. The van der Waals surface area contributed by atoms with Gasteiger partial charge in [0, 0.05) is 27.7 Å². The van der Waals surface area contributed by atoms with E-state index in [0.29, 0.717) is 17.9 Å². The Hall–Kier alpha value is -2.01. The molecule has 1 aromatic carbocycles. The van der Waals surface area contributed by atoms with Gasteiger partial charge in [0.25, 0.3) is 0 Å². The smallest absolute Gasteiger partial charge is 0.337 e. The van der Waals surface area contributed by atoms with Crippen LogP contribution in [0.25, 0.3) is 0 Å². The summed E-state index contributed by atoms with van der Waals surface area (Å²) in [5, 5.41) is 12.3. The topological polar surface area (TPSA) is 75.3 Å². The number of rotatable bonds is 4. The third-order valence-corrected chi connectivity index (χ3v) is 4.10. The van der Waals surface area contributed by atoms with E-state index >= 15 is 0 Å². The van der Waals surface area contributed by atoms with E-state index in [4.69, 9.17) is 10.8 Å². The molecule has 0 aliphatic rings. The second-order valence-corrected chi connectivity index (χ2v) is 5.76. The SMILES string of the molecule is Cc1cc(CNc2ccc(N)cc2C(=O)O)sc1C. The Bertz CT molecular complexity index is 600. The first-order chi connectivity index (χ1) is 8.97. The summed E-state index contributed by atoms with van der Waals surface area (Å²) in [7, 11) is 0. The number of carboxylic acids is 1. The summed E-state index contributed by atoms with van der Waals surface area (Å²) in [4.78, 5) is 13.6. The Morgan fingerprint density at radius 1 is 1.37 bits per heavy atom. The number of benzene rings is 1. The van der Waals surface area contributed by atoms with E-state index < -0.39 is 5.97 Å². The monoisotopic (exact) mass is 276 g/mol. The normalized spacial score (nSPS) is 10.4. The highest BCUT2D eigenvalue weighted by molar-refractivity contribution is 7.12. The first-order valence-electron chi connectivity index (χ1n) is 5.90. The van der Waals surface area contributed by atoms with Crippen molar-refractivity contribution >= 4 is 28.7 Å². The van der Waals surface area contributed by atoms with E-state index in [1.807, 2.05) is 0 Å². The average Bonchev–Trinajstić information content (AvgIpc) is 2.67. The molecule has 1 aromatic heterocycles. The summed E-state index contributed by atoms with van der Waals surface area (Å²) < 4.78 is 0. The predicted molar refractivity (Wildman–Crippen MR) is 78.9 cm³/mol. The zero-order valence-electron chi connectivity index (χ0n) is 10.9. The van der Waals surface area contributed by atoms with E-state index in [9.17, 15) is 4.79 Å². The molecule has 19 heavy (non-hydrogen) atoms. The standard InChI is InChI=1S/C14H16N2O2S/c1-8-5-11(19-9(8)2)7-16-13-4-3-10(15)6-12(13)14(17)18/h3-6,16H,7,15H2,1-2H3,(H,17,18). The van der Waals surface area contributed by atoms with Crippen LogP contribution in [-0.4, -0.2) is 11.1 Å². The minimum absolute atomic E-state index is 0.199. The molecular weight excluding hydrogens is 260 g/mol. The van der Waals surface area contributed by atoms with Crippen LogP contribution in [0.15, 0.2) is 24.3 Å². The molecule has 0 atom stereocenters. The molecule has 0 radical (unpaired) electrons. The molecule has 1 heterocycles. The molecule has 4 nitrogen and oxygen atoms in total. The maximum atomic E-state index is 11.2. The van der Waals surface area contributed by atoms with Crippen LogP contribution in [0, 0.1) is 13.8 Å². The van der Waals surface area contributed by atoms with Gasteiger partial charge >= 0.3 is 5.97 Å². The van der Waals surface area contributed by atoms with Gasteiger partial charge in [0.1, 0.15) is 0 Å². The fourth-order valence-electron chi connectivity index (χ4n) is 1.81. The van der Waals surface area contributed by atoms with Crippen molar-refractivity contribution < 1.29 is 9.90 Å². The zero-order valence-corrected chi connectivity index (χ0v) is 11.7. The highest BCUT2D eigenvalue weighted by atomic mass is 32.1. The van der Waals surface area contributed by atoms with E-state index in [1.54, 1.807) is 23.5 Å². The predicted octanol–water partition coefficient (Wildman–Crippen LogP) is 3.26. The summed E-state index contributed by atoms with van der Waals surface area (Å²) in [6.07, 6.45) is 0. The maximum absolute atomic E-state index is 11.2. The van der Waals surface area contributed by atoms with Gasteiger partial charge in [-0.25, -0.2) is 4.79 Å². The average molecular weight is 276 g/mol. The number of aryl methyl sites for hydroxylation is 2. The van der Waals surface area contributed by atoms with Crippen LogP contribution in [0.5, 0.6) is 0 Å². The lowest BCUT2D eigenvalue weighted by Crippen LogP contribution is -2.06. The highest BCUT2D eigenvalue weighted by Crippen LogP contribution is 2.24. The third-order valence-electron chi connectivity index (χ3n) is 2.94. The van der Waals surface area contributed by atoms with Crippen LogP contribution in [0.1, 0.15) is 25.7 Å². The van der Waals surface area contributed by atoms with E-state index in [0.717, 1.165) is 0 Å². The Kier molecular flexibility index (Phi) is 3.76. The molecule has 5 heteroatoms. The molecule has 0 fully saturated rings. The van der Waals surface area contributed by atoms with Gasteiger partial charge in [0.15, 0.2) is 0 Å². The maximum Gasteiger partial charge on any atom is 0.337 e. The molecule has 0 saturated carbocycles. The van der Waals surface area contributed by atoms with Gasteiger partial charge in [-0.05, 0) is 43.7 Å². The second-order valence-electron chi connectivity index (χ2n) is 4.42. The van der Waals surface area contributed by atoms with Gasteiger partial charge in [-0.15, -0.1) is 11.3 Å². The molecule has 0 spiro atoms. The van der Waals surface area contributed by atoms with Crippen LogP contribution >= 0.6 is 11.3 Å². The van der Waals surface area contributed by atoms with Crippen molar-refractivity contribution in [1.29, 1.82) is 0 Å². The Balaban J connectivity index is 2.17. The number of carbonyl (C=O) groups is 1. The summed E-state index contributed by atoms with van der Waals surface area (Å²) in [6, 6.07) is 6.98. The molecule has 2 aromatic rings. The van der Waals surface area contributed by atoms with Crippen LogP contribution < -0.4 is 11.1 Å². The summed E-state index contributed by atoms with van der Waals surface area (Å²) in [5.74, 6) is -0.978. The van der Waals surface area contributed by atoms with Crippen molar-refractivity contribution in [3.63, 3.8) is 0 Å². The molecule has 100 valence electrons. The molecule has 0 aliphatic carbocycles. The molecule has 0 aliphatic heterocycles. The molecule has 2 rings (SSSR count). The number of hydrogen-bond donors (Lipinski definition) is 3. The van der Waals surface area contributed by atoms with Gasteiger partial charge in [-0.2, -0.15) is 0 Å². The van der Waals surface area contributed by atoms with E-state index in [1.165, 1.54) is 21.4 Å². The highest BCUT2D eigenvalue weighted by Gasteiger charge is 2.10. The summed E-state index contributed by atoms with van der Waals surface area (Å²) in [6.45, 7) is 4.76. The fourth-order valence-corrected chi connectivity index (χ4v) is 2.81. The molecular formula is C14H16N2O2S. The number of anilines is 2. The number of aromatic carboxylic acids is 1. The van der Waals surface area contributed by atoms with Crippen LogP contribution in [0.4, 0.5) is 11.4 Å². The zero-order chi connectivity index (χ0) is 14.0. The number of nitrogen functional groups attached to an aromatic ring is 1. The Morgan fingerprint density at radius 2 is 2.11 bits per heavy atom. The first-order valence-corrected chi connectivity index (χ1v) is 6.71. The molecule has 4 N–H and O–H groups in total. The van der Waals surface area contributed by atoms with Crippen molar-refractivity contribution in [1.82, 2.24) is 0 Å². The first kappa shape index (κ1) is 13.4. The molecule has 0 amide bonds. The third kappa shape index (κ3) is 3.06. The van der Waals surface area contributed by atoms with Crippen LogP contribution in [-0.2, 0) is 6.54 Å². The molecule has 0 bridgehead atoms. The van der Waals surface area contributed by atoms with Crippen molar-refractivity contribution in [3.05, 3.63) is 45.1 Å². The van der Waals surface area contributed by atoms with Gasteiger partial charge in [-0.1, -0.05) is 0 Å². The minimum atomic E-state index is -0.978. The van der Waals surface area contributed by atoms with E-state index in [2.05, 4.69) is 25.2 Å². The lowest BCUT2D eigenvalue weighted by molar-refractivity contribution is 0.0698. The quantitative estimate of drug-likeness (QED) is 0.749. The number of carboxylic acid groups (broad SMARTS) is 1. The van der Waals surface area contributed by atoms with Crippen molar-refractivity contribution in [2.75, 3.05) is 11.1 Å². The largest absolute Gasteiger partial charge is 0.478 e. The fraction of sp³-hybridized carbons (Fsp3) is 0.214. The van der Waals surface area contributed by atoms with Gasteiger partial charge in [0.2, 0.25) is 0 Å². The number of thiophene rings is 1. The van der Waals surface area contributed by atoms with Gasteiger partial charge < -0.3 is 16.2 Å². The van der Waals surface area contributed by atoms with Crippen molar-refractivity contribution in [2.24, 2.45) is 0 Å². The number of nitrogens with two attached hydrogens (primary N) is 1. The van der Waals surface area contributed by atoms with Crippen LogP contribution in [0.2, 0.25) is 0 Å².